The van der Waals surface area contributed by atoms with Crippen LogP contribution in [0.2, 0.25) is 0 Å². The molecular formula is C15H22N2. The monoisotopic (exact) mass is 230 g/mol. The molecule has 1 aromatic carbocycles. The number of hydrogen-bond donors (Lipinski definition) is 2. The minimum atomic E-state index is 0.235. The second-order valence-electron chi connectivity index (χ2n) is 6.32. The van der Waals surface area contributed by atoms with E-state index in [0.29, 0.717) is 12.1 Å². The summed E-state index contributed by atoms with van der Waals surface area (Å²) >= 11 is 0. The first-order valence-electron chi connectivity index (χ1n) is 6.66. The molecule has 92 valence electrons. The fourth-order valence-electron chi connectivity index (χ4n) is 3.29. The zero-order chi connectivity index (χ0) is 12.0. The summed E-state index contributed by atoms with van der Waals surface area (Å²) < 4.78 is 0. The summed E-state index contributed by atoms with van der Waals surface area (Å²) in [7, 11) is 0. The molecule has 2 unspecified atom stereocenters. The molecule has 1 fully saturated rings. The highest BCUT2D eigenvalue weighted by molar-refractivity contribution is 5.46. The molecule has 1 aromatic rings. The van der Waals surface area contributed by atoms with Crippen molar-refractivity contribution in [2.45, 2.75) is 44.7 Å². The maximum absolute atomic E-state index is 3.69. The molecule has 1 saturated heterocycles. The van der Waals surface area contributed by atoms with Gasteiger partial charge in [0.1, 0.15) is 0 Å². The number of rotatable bonds is 0. The molecule has 0 aromatic heterocycles. The second kappa shape index (κ2) is 3.82. The first-order chi connectivity index (χ1) is 8.07. The molecule has 1 aliphatic heterocycles. The Bertz CT molecular complexity index is 431. The van der Waals surface area contributed by atoms with Crippen LogP contribution in [0.25, 0.3) is 0 Å². The van der Waals surface area contributed by atoms with Crippen molar-refractivity contribution in [1.29, 1.82) is 0 Å². The molecule has 2 nitrogen and oxygen atoms in total. The highest BCUT2D eigenvalue weighted by Crippen LogP contribution is 2.39. The fraction of sp³-hybridized carbons (Fsp3) is 0.600. The zero-order valence-corrected chi connectivity index (χ0v) is 11.0. The third kappa shape index (κ3) is 1.80. The lowest BCUT2D eigenvalue weighted by molar-refractivity contribution is 0.345. The molecule has 0 spiro atoms. The molecular weight excluding hydrogens is 208 g/mol. The Morgan fingerprint density at radius 3 is 2.65 bits per heavy atom. The number of benzene rings is 1. The number of piperazine rings is 1. The molecule has 2 heteroatoms. The van der Waals surface area contributed by atoms with E-state index in [-0.39, 0.29) is 5.41 Å². The largest absolute Gasteiger partial charge is 0.310 e. The van der Waals surface area contributed by atoms with Gasteiger partial charge in [-0.15, -0.1) is 0 Å². The third-order valence-corrected chi connectivity index (χ3v) is 4.05. The Hall–Kier alpha value is -0.860. The average Bonchev–Trinajstić information content (AvgIpc) is 2.65. The van der Waals surface area contributed by atoms with Gasteiger partial charge in [-0.25, -0.2) is 0 Å². The van der Waals surface area contributed by atoms with Crippen molar-refractivity contribution in [2.75, 3.05) is 13.1 Å². The van der Waals surface area contributed by atoms with Crippen LogP contribution in [0, 0.1) is 0 Å². The fourth-order valence-corrected chi connectivity index (χ4v) is 3.29. The van der Waals surface area contributed by atoms with Crippen LogP contribution in [-0.2, 0) is 11.8 Å². The summed E-state index contributed by atoms with van der Waals surface area (Å²) in [6, 6.07) is 7.94. The predicted molar refractivity (Wildman–Crippen MR) is 71.4 cm³/mol. The summed E-state index contributed by atoms with van der Waals surface area (Å²) in [6.45, 7) is 9.11. The molecule has 2 atom stereocenters. The van der Waals surface area contributed by atoms with Crippen molar-refractivity contribution in [1.82, 2.24) is 10.6 Å². The van der Waals surface area contributed by atoms with Crippen LogP contribution in [0.5, 0.6) is 0 Å². The Labute approximate surface area is 104 Å². The summed E-state index contributed by atoms with van der Waals surface area (Å²) in [6.07, 6.45) is 1.18. The van der Waals surface area contributed by atoms with Crippen LogP contribution in [0.4, 0.5) is 0 Å². The first kappa shape index (κ1) is 11.2. The van der Waals surface area contributed by atoms with Gasteiger partial charge in [0.15, 0.2) is 0 Å². The Kier molecular flexibility index (Phi) is 2.53. The van der Waals surface area contributed by atoms with Crippen LogP contribution >= 0.6 is 0 Å². The van der Waals surface area contributed by atoms with Crippen molar-refractivity contribution < 1.29 is 0 Å². The molecule has 2 aliphatic rings. The van der Waals surface area contributed by atoms with Gasteiger partial charge in [0.2, 0.25) is 0 Å². The standard InChI is InChI=1S/C15H22N2/c1-15(2,3)11-6-4-5-10-9-12-14(13(10)11)17-8-7-16-12/h4-6,12,14,16-17H,7-9H2,1-3H3. The zero-order valence-electron chi connectivity index (χ0n) is 11.0. The minimum absolute atomic E-state index is 0.235. The van der Waals surface area contributed by atoms with Crippen LogP contribution in [0.15, 0.2) is 18.2 Å². The van der Waals surface area contributed by atoms with E-state index < -0.39 is 0 Å². The molecule has 2 N–H and O–H groups in total. The summed E-state index contributed by atoms with van der Waals surface area (Å²) in [5.74, 6) is 0. The molecule has 0 amide bonds. The van der Waals surface area contributed by atoms with E-state index in [9.17, 15) is 0 Å². The molecule has 1 aliphatic carbocycles. The lowest BCUT2D eigenvalue weighted by atomic mass is 9.81. The number of fused-ring (bicyclic) bond motifs is 3. The van der Waals surface area contributed by atoms with Gasteiger partial charge in [-0.3, -0.25) is 0 Å². The highest BCUT2D eigenvalue weighted by atomic mass is 15.1. The van der Waals surface area contributed by atoms with Crippen LogP contribution in [0.3, 0.4) is 0 Å². The third-order valence-electron chi connectivity index (χ3n) is 4.05. The lowest BCUT2D eigenvalue weighted by Crippen LogP contribution is -2.49. The van der Waals surface area contributed by atoms with Gasteiger partial charge in [-0.1, -0.05) is 39.0 Å². The second-order valence-corrected chi connectivity index (χ2v) is 6.32. The summed E-state index contributed by atoms with van der Waals surface area (Å²) in [4.78, 5) is 0. The van der Waals surface area contributed by atoms with Crippen molar-refractivity contribution >= 4 is 0 Å². The number of nitrogens with one attached hydrogen (secondary N) is 2. The van der Waals surface area contributed by atoms with E-state index >= 15 is 0 Å². The van der Waals surface area contributed by atoms with Gasteiger partial charge in [0.05, 0.1) is 0 Å². The highest BCUT2D eigenvalue weighted by Gasteiger charge is 2.37. The van der Waals surface area contributed by atoms with E-state index in [2.05, 4.69) is 49.6 Å². The topological polar surface area (TPSA) is 24.1 Å². The molecule has 3 rings (SSSR count). The van der Waals surface area contributed by atoms with Crippen molar-refractivity contribution in [2.24, 2.45) is 0 Å². The number of hydrogen-bond acceptors (Lipinski definition) is 2. The Balaban J connectivity index is 2.09. The van der Waals surface area contributed by atoms with Crippen molar-refractivity contribution in [3.05, 3.63) is 34.9 Å². The lowest BCUT2D eigenvalue weighted by Gasteiger charge is -2.32. The summed E-state index contributed by atoms with van der Waals surface area (Å²) in [5, 5.41) is 7.33. The minimum Gasteiger partial charge on any atom is -0.310 e. The molecule has 0 bridgehead atoms. The quantitative estimate of drug-likeness (QED) is 0.713. The maximum Gasteiger partial charge on any atom is 0.0485 e. The van der Waals surface area contributed by atoms with Gasteiger partial charge >= 0.3 is 0 Å². The summed E-state index contributed by atoms with van der Waals surface area (Å²) in [5.41, 5.74) is 4.85. The average molecular weight is 230 g/mol. The van der Waals surface area contributed by atoms with Crippen LogP contribution in [0.1, 0.15) is 43.5 Å². The molecule has 17 heavy (non-hydrogen) atoms. The van der Waals surface area contributed by atoms with E-state index in [4.69, 9.17) is 0 Å². The van der Waals surface area contributed by atoms with Gasteiger partial charge in [-0.05, 0) is 28.5 Å². The van der Waals surface area contributed by atoms with Gasteiger partial charge in [0.25, 0.3) is 0 Å². The van der Waals surface area contributed by atoms with Crippen LogP contribution < -0.4 is 10.6 Å². The van der Waals surface area contributed by atoms with E-state index in [1.807, 2.05) is 0 Å². The molecule has 1 heterocycles. The first-order valence-corrected chi connectivity index (χ1v) is 6.66. The Morgan fingerprint density at radius 1 is 1.12 bits per heavy atom. The smallest absolute Gasteiger partial charge is 0.0485 e. The van der Waals surface area contributed by atoms with E-state index in [1.165, 1.54) is 17.5 Å². The normalized spacial score (nSPS) is 27.7. The molecule has 0 saturated carbocycles. The van der Waals surface area contributed by atoms with E-state index in [0.717, 1.165) is 13.1 Å². The van der Waals surface area contributed by atoms with Crippen molar-refractivity contribution in [3.63, 3.8) is 0 Å². The van der Waals surface area contributed by atoms with Crippen molar-refractivity contribution in [3.8, 4) is 0 Å². The van der Waals surface area contributed by atoms with Gasteiger partial charge in [0, 0.05) is 25.2 Å². The van der Waals surface area contributed by atoms with Gasteiger partial charge in [-0.2, -0.15) is 0 Å². The maximum atomic E-state index is 3.69. The molecule has 0 radical (unpaired) electrons. The van der Waals surface area contributed by atoms with E-state index in [1.54, 1.807) is 5.56 Å². The van der Waals surface area contributed by atoms with Gasteiger partial charge < -0.3 is 10.6 Å². The SMILES string of the molecule is CC(C)(C)c1cccc2c1C1NCCNC1C2. The Morgan fingerprint density at radius 2 is 1.88 bits per heavy atom. The predicted octanol–water partition coefficient (Wildman–Crippen LogP) is 2.14. The van der Waals surface area contributed by atoms with Crippen LogP contribution in [-0.4, -0.2) is 19.1 Å².